The Balaban J connectivity index is 1.39. The maximum absolute atomic E-state index is 14.1. The van der Waals surface area contributed by atoms with Crippen LogP contribution in [0.25, 0.3) is 16.8 Å². The Morgan fingerprint density at radius 2 is 1.70 bits per heavy atom. The van der Waals surface area contributed by atoms with E-state index in [4.69, 9.17) is 23.7 Å². The van der Waals surface area contributed by atoms with E-state index in [9.17, 15) is 9.59 Å². The van der Waals surface area contributed by atoms with Crippen LogP contribution in [0.3, 0.4) is 0 Å². The predicted octanol–water partition coefficient (Wildman–Crippen LogP) is 5.56. The van der Waals surface area contributed by atoms with Crippen LogP contribution >= 0.6 is 11.3 Å². The molecule has 0 unspecified atom stereocenters. The Bertz CT molecular complexity index is 2190. The summed E-state index contributed by atoms with van der Waals surface area (Å²) in [5.74, 6) is 1.61. The number of fused-ring (bicyclic) bond motifs is 2. The number of allylic oxidation sites excluding steroid dienone is 1. The van der Waals surface area contributed by atoms with E-state index in [0.717, 1.165) is 21.9 Å². The van der Waals surface area contributed by atoms with Crippen molar-refractivity contribution in [3.05, 3.63) is 127 Å². The predicted molar refractivity (Wildman–Crippen MR) is 181 cm³/mol. The summed E-state index contributed by atoms with van der Waals surface area (Å²) in [6.07, 6.45) is 1.78. The van der Waals surface area contributed by atoms with Crippen molar-refractivity contribution in [2.75, 3.05) is 27.9 Å². The minimum absolute atomic E-state index is 0.177. The van der Waals surface area contributed by atoms with E-state index in [1.165, 1.54) is 23.0 Å². The first-order chi connectivity index (χ1) is 22.9. The standard InChI is InChI=1S/C37H34N2O7S/c1-6-45-36(41)33-22(2)38-37-39(34(33)28-16-15-26(42-3)20-30(28)43-4)35(40)32(47-37)19-23-14-17-29(31(18-23)44-5)46-21-25-12-9-11-24-10-7-8-13-27(24)25/h7-20,34H,6,21H2,1-5H3/b32-19-/t34-/m0/s1. The van der Waals surface area contributed by atoms with Crippen molar-refractivity contribution in [3.63, 3.8) is 0 Å². The molecule has 47 heavy (non-hydrogen) atoms. The molecule has 0 saturated carbocycles. The van der Waals surface area contributed by atoms with E-state index in [-0.39, 0.29) is 17.7 Å². The topological polar surface area (TPSA) is 97.6 Å². The molecule has 9 nitrogen and oxygen atoms in total. The second kappa shape index (κ2) is 13.6. The molecule has 0 aliphatic carbocycles. The van der Waals surface area contributed by atoms with Crippen LogP contribution in [0.2, 0.25) is 0 Å². The molecule has 10 heteroatoms. The summed E-state index contributed by atoms with van der Waals surface area (Å²) in [6.45, 7) is 4.02. The second-order valence-electron chi connectivity index (χ2n) is 10.7. The fraction of sp³-hybridized carbons (Fsp3) is 0.216. The highest BCUT2D eigenvalue weighted by Gasteiger charge is 2.35. The zero-order chi connectivity index (χ0) is 33.1. The monoisotopic (exact) mass is 650 g/mol. The average Bonchev–Trinajstić information content (AvgIpc) is 3.40. The average molecular weight is 651 g/mol. The van der Waals surface area contributed by atoms with Crippen molar-refractivity contribution < 1.29 is 28.5 Å². The van der Waals surface area contributed by atoms with Gasteiger partial charge in [-0.15, -0.1) is 0 Å². The lowest BCUT2D eigenvalue weighted by Gasteiger charge is -2.26. The van der Waals surface area contributed by atoms with Crippen LogP contribution < -0.4 is 33.8 Å². The Labute approximate surface area is 275 Å². The van der Waals surface area contributed by atoms with Crippen molar-refractivity contribution in [2.24, 2.45) is 4.99 Å². The highest BCUT2D eigenvalue weighted by Crippen LogP contribution is 2.38. The van der Waals surface area contributed by atoms with Gasteiger partial charge in [0, 0.05) is 11.6 Å². The summed E-state index contributed by atoms with van der Waals surface area (Å²) in [6, 6.07) is 24.3. The third-order valence-electron chi connectivity index (χ3n) is 8.00. The molecule has 5 aromatic rings. The summed E-state index contributed by atoms with van der Waals surface area (Å²) in [7, 11) is 4.68. The number of carbonyl (C=O) groups is 1. The number of benzene rings is 4. The van der Waals surface area contributed by atoms with E-state index in [0.29, 0.717) is 50.2 Å². The van der Waals surface area contributed by atoms with Crippen molar-refractivity contribution in [1.29, 1.82) is 0 Å². The van der Waals surface area contributed by atoms with Gasteiger partial charge in [-0.05, 0) is 66.1 Å². The molecule has 240 valence electrons. The van der Waals surface area contributed by atoms with Crippen LogP contribution in [0, 0.1) is 0 Å². The van der Waals surface area contributed by atoms with Crippen LogP contribution in [-0.2, 0) is 16.1 Å². The van der Waals surface area contributed by atoms with Gasteiger partial charge in [0.25, 0.3) is 5.56 Å². The number of methoxy groups -OCH3 is 3. The van der Waals surface area contributed by atoms with E-state index < -0.39 is 12.0 Å². The first-order valence-corrected chi connectivity index (χ1v) is 15.9. The lowest BCUT2D eigenvalue weighted by Crippen LogP contribution is -2.40. The quantitative estimate of drug-likeness (QED) is 0.183. The minimum Gasteiger partial charge on any atom is -0.497 e. The second-order valence-corrected chi connectivity index (χ2v) is 11.8. The lowest BCUT2D eigenvalue weighted by molar-refractivity contribution is -0.139. The molecule has 1 aliphatic heterocycles. The Hall–Kier alpha value is -5.35. The van der Waals surface area contributed by atoms with Crippen LogP contribution in [-0.4, -0.2) is 38.5 Å². The summed E-state index contributed by atoms with van der Waals surface area (Å²) in [5.41, 5.74) is 2.84. The molecule has 0 radical (unpaired) electrons. The summed E-state index contributed by atoms with van der Waals surface area (Å²) in [4.78, 5) is 32.6. The van der Waals surface area contributed by atoms with Gasteiger partial charge in [-0.3, -0.25) is 9.36 Å². The Morgan fingerprint density at radius 3 is 2.47 bits per heavy atom. The zero-order valence-electron chi connectivity index (χ0n) is 26.7. The highest BCUT2D eigenvalue weighted by molar-refractivity contribution is 7.07. The number of hydrogen-bond acceptors (Lipinski definition) is 9. The molecular formula is C37H34N2O7S. The SMILES string of the molecule is CCOC(=O)C1=C(C)N=c2s/c(=C\c3ccc(OCc4cccc5ccccc45)c(OC)c3)c(=O)n2[C@H]1c1ccc(OC)cc1OC. The summed E-state index contributed by atoms with van der Waals surface area (Å²) in [5, 5.41) is 2.28. The largest absolute Gasteiger partial charge is 0.497 e. The van der Waals surface area contributed by atoms with Crippen LogP contribution in [0.5, 0.6) is 23.0 Å². The molecule has 4 aromatic carbocycles. The summed E-state index contributed by atoms with van der Waals surface area (Å²) < 4.78 is 30.3. The molecular weight excluding hydrogens is 616 g/mol. The third kappa shape index (κ3) is 6.12. The van der Waals surface area contributed by atoms with Gasteiger partial charge in [0.1, 0.15) is 24.1 Å². The van der Waals surface area contributed by atoms with Gasteiger partial charge in [0.15, 0.2) is 16.3 Å². The first kappa shape index (κ1) is 31.6. The minimum atomic E-state index is -0.826. The van der Waals surface area contributed by atoms with Gasteiger partial charge in [0.05, 0.1) is 43.7 Å². The fourth-order valence-corrected chi connectivity index (χ4v) is 6.80. The molecule has 6 rings (SSSR count). The molecule has 0 spiro atoms. The lowest BCUT2D eigenvalue weighted by atomic mass is 9.95. The van der Waals surface area contributed by atoms with Crippen molar-refractivity contribution in [3.8, 4) is 23.0 Å². The van der Waals surface area contributed by atoms with Crippen LogP contribution in [0.15, 0.2) is 99.9 Å². The van der Waals surface area contributed by atoms with Crippen molar-refractivity contribution >= 4 is 34.2 Å². The number of rotatable bonds is 10. The number of carbonyl (C=O) groups excluding carboxylic acids is 1. The molecule has 0 amide bonds. The number of nitrogens with zero attached hydrogens (tertiary/aromatic N) is 2. The van der Waals surface area contributed by atoms with Gasteiger partial charge < -0.3 is 23.7 Å². The van der Waals surface area contributed by atoms with Crippen molar-refractivity contribution in [2.45, 2.75) is 26.5 Å². The summed E-state index contributed by atoms with van der Waals surface area (Å²) >= 11 is 1.24. The van der Waals surface area contributed by atoms with Gasteiger partial charge >= 0.3 is 5.97 Å². The van der Waals surface area contributed by atoms with Gasteiger partial charge in [-0.1, -0.05) is 59.9 Å². The Kier molecular flexibility index (Phi) is 9.12. The molecule has 2 heterocycles. The van der Waals surface area contributed by atoms with Crippen LogP contribution in [0.1, 0.15) is 36.6 Å². The molecule has 0 bridgehead atoms. The smallest absolute Gasteiger partial charge is 0.338 e. The van der Waals surface area contributed by atoms with Crippen LogP contribution in [0.4, 0.5) is 0 Å². The Morgan fingerprint density at radius 1 is 0.915 bits per heavy atom. The zero-order valence-corrected chi connectivity index (χ0v) is 27.6. The molecule has 1 atom stereocenters. The van der Waals surface area contributed by atoms with Gasteiger partial charge in [-0.2, -0.15) is 0 Å². The van der Waals surface area contributed by atoms with Crippen molar-refractivity contribution in [1.82, 2.24) is 4.57 Å². The molecule has 0 N–H and O–H groups in total. The first-order valence-electron chi connectivity index (χ1n) is 15.1. The van der Waals surface area contributed by atoms with E-state index >= 15 is 0 Å². The molecule has 0 saturated heterocycles. The normalized spacial score (nSPS) is 14.4. The van der Waals surface area contributed by atoms with Gasteiger partial charge in [-0.25, -0.2) is 9.79 Å². The number of aromatic nitrogens is 1. The van der Waals surface area contributed by atoms with E-state index in [2.05, 4.69) is 23.2 Å². The maximum atomic E-state index is 14.1. The third-order valence-corrected chi connectivity index (χ3v) is 8.98. The highest BCUT2D eigenvalue weighted by atomic mass is 32.1. The molecule has 1 aliphatic rings. The maximum Gasteiger partial charge on any atom is 0.338 e. The van der Waals surface area contributed by atoms with E-state index in [1.54, 1.807) is 52.3 Å². The van der Waals surface area contributed by atoms with E-state index in [1.807, 2.05) is 42.5 Å². The number of hydrogen-bond donors (Lipinski definition) is 0. The number of thiazole rings is 1. The molecule has 0 fully saturated rings. The number of esters is 1. The number of ether oxygens (including phenoxy) is 5. The fourth-order valence-electron chi connectivity index (χ4n) is 5.75. The van der Waals surface area contributed by atoms with Gasteiger partial charge in [0.2, 0.25) is 0 Å². The molecule has 1 aromatic heterocycles.